The topological polar surface area (TPSA) is 50.4 Å². The number of rotatable bonds is 5. The molecule has 1 aliphatic heterocycles. The molecule has 0 atom stereocenters. The van der Waals surface area contributed by atoms with E-state index in [1.54, 1.807) is 7.05 Å². The molecule has 1 heterocycles. The fourth-order valence-corrected chi connectivity index (χ4v) is 1.76. The molecule has 0 aromatic carbocycles. The summed E-state index contributed by atoms with van der Waals surface area (Å²) >= 11 is 0. The lowest BCUT2D eigenvalue weighted by molar-refractivity contribution is -0.120. The minimum atomic E-state index is 0.119. The third-order valence-electron chi connectivity index (χ3n) is 3.01. The van der Waals surface area contributed by atoms with Crippen LogP contribution in [0.25, 0.3) is 0 Å². The molecule has 0 unspecified atom stereocenters. The third-order valence-corrected chi connectivity index (χ3v) is 3.01. The van der Waals surface area contributed by atoms with E-state index < -0.39 is 0 Å². The Balaban J connectivity index is 2.10. The molecule has 0 radical (unpaired) electrons. The maximum absolute atomic E-state index is 11.0. The molecule has 0 aromatic rings. The van der Waals surface area contributed by atoms with Crippen molar-refractivity contribution in [3.63, 3.8) is 0 Å². The molecule has 0 aromatic heterocycles. The van der Waals surface area contributed by atoms with E-state index in [0.717, 1.165) is 39.0 Å². The smallest absolute Gasteiger partial charge is 0.219 e. The normalized spacial score (nSPS) is 19.9. The van der Waals surface area contributed by atoms with Crippen LogP contribution in [0.3, 0.4) is 0 Å². The van der Waals surface area contributed by atoms with E-state index in [-0.39, 0.29) is 11.4 Å². The maximum atomic E-state index is 11.0. The van der Waals surface area contributed by atoms with E-state index in [9.17, 15) is 4.79 Å². The fourth-order valence-electron chi connectivity index (χ4n) is 1.76. The van der Waals surface area contributed by atoms with Gasteiger partial charge in [0.05, 0.1) is 0 Å². The summed E-state index contributed by atoms with van der Waals surface area (Å²) in [6.07, 6.45) is 3.63. The first-order valence-electron chi connectivity index (χ1n) is 5.70. The van der Waals surface area contributed by atoms with Gasteiger partial charge in [0.15, 0.2) is 0 Å². The van der Waals surface area contributed by atoms with Crippen molar-refractivity contribution in [1.82, 2.24) is 10.6 Å². The lowest BCUT2D eigenvalue weighted by Gasteiger charge is -2.34. The van der Waals surface area contributed by atoms with E-state index >= 15 is 0 Å². The Labute approximate surface area is 91.8 Å². The number of carbonyl (C=O) groups is 1. The molecule has 2 N–H and O–H groups in total. The Hall–Kier alpha value is -0.610. The van der Waals surface area contributed by atoms with Gasteiger partial charge >= 0.3 is 0 Å². The number of hydrogen-bond acceptors (Lipinski definition) is 3. The standard InChI is InChI=1S/C11H22N2O2/c1-11(5-8-15-9-6-11)13-7-3-4-10(14)12-2/h13H,3-9H2,1-2H3,(H,12,14). The van der Waals surface area contributed by atoms with E-state index in [2.05, 4.69) is 17.6 Å². The van der Waals surface area contributed by atoms with Crippen molar-refractivity contribution in [2.75, 3.05) is 26.8 Å². The van der Waals surface area contributed by atoms with Crippen LogP contribution in [0.2, 0.25) is 0 Å². The number of nitrogens with one attached hydrogen (secondary N) is 2. The van der Waals surface area contributed by atoms with Crippen LogP contribution in [0.15, 0.2) is 0 Å². The number of hydrogen-bond donors (Lipinski definition) is 2. The second-order valence-corrected chi connectivity index (χ2v) is 4.38. The van der Waals surface area contributed by atoms with Gasteiger partial charge in [-0.25, -0.2) is 0 Å². The Morgan fingerprint density at radius 2 is 2.07 bits per heavy atom. The van der Waals surface area contributed by atoms with Crippen molar-refractivity contribution in [2.24, 2.45) is 0 Å². The molecular formula is C11H22N2O2. The SMILES string of the molecule is CNC(=O)CCCNC1(C)CCOCC1. The predicted molar refractivity (Wildman–Crippen MR) is 59.8 cm³/mol. The van der Waals surface area contributed by atoms with Gasteiger partial charge in [-0.15, -0.1) is 0 Å². The molecule has 1 amide bonds. The van der Waals surface area contributed by atoms with Crippen molar-refractivity contribution >= 4 is 5.91 Å². The van der Waals surface area contributed by atoms with Gasteiger partial charge in [-0.3, -0.25) is 4.79 Å². The molecule has 4 heteroatoms. The Morgan fingerprint density at radius 3 is 2.67 bits per heavy atom. The maximum Gasteiger partial charge on any atom is 0.219 e. The molecule has 1 fully saturated rings. The lowest BCUT2D eigenvalue weighted by atomic mass is 9.92. The van der Waals surface area contributed by atoms with Gasteiger partial charge in [-0.05, 0) is 32.7 Å². The molecule has 1 rings (SSSR count). The first-order valence-corrected chi connectivity index (χ1v) is 5.70. The zero-order valence-electron chi connectivity index (χ0n) is 9.77. The molecule has 0 saturated carbocycles. The summed E-state index contributed by atoms with van der Waals surface area (Å²) in [5.74, 6) is 0.119. The molecule has 0 spiro atoms. The van der Waals surface area contributed by atoms with Gasteiger partial charge < -0.3 is 15.4 Å². The number of ether oxygens (including phenoxy) is 1. The fraction of sp³-hybridized carbons (Fsp3) is 0.909. The highest BCUT2D eigenvalue weighted by molar-refractivity contribution is 5.75. The molecule has 88 valence electrons. The van der Waals surface area contributed by atoms with Crippen LogP contribution < -0.4 is 10.6 Å². The van der Waals surface area contributed by atoms with Crippen LogP contribution in [0.4, 0.5) is 0 Å². The van der Waals surface area contributed by atoms with Crippen molar-refractivity contribution in [2.45, 2.75) is 38.1 Å². The largest absolute Gasteiger partial charge is 0.381 e. The third kappa shape index (κ3) is 4.62. The Morgan fingerprint density at radius 1 is 1.40 bits per heavy atom. The monoisotopic (exact) mass is 214 g/mol. The van der Waals surface area contributed by atoms with E-state index in [4.69, 9.17) is 4.74 Å². The van der Waals surface area contributed by atoms with Crippen LogP contribution in [0.1, 0.15) is 32.6 Å². The van der Waals surface area contributed by atoms with Crippen LogP contribution >= 0.6 is 0 Å². The summed E-state index contributed by atoms with van der Waals surface area (Å²) in [6, 6.07) is 0. The minimum absolute atomic E-state index is 0.119. The Kier molecular flexibility index (Phi) is 5.05. The van der Waals surface area contributed by atoms with Gasteiger partial charge in [-0.2, -0.15) is 0 Å². The summed E-state index contributed by atoms with van der Waals surface area (Å²) in [5.41, 5.74) is 0.209. The zero-order chi connectivity index (χ0) is 11.1. The van der Waals surface area contributed by atoms with E-state index in [0.29, 0.717) is 6.42 Å². The second kappa shape index (κ2) is 6.08. The molecular weight excluding hydrogens is 192 g/mol. The van der Waals surface area contributed by atoms with E-state index in [1.807, 2.05) is 0 Å². The summed E-state index contributed by atoms with van der Waals surface area (Å²) in [7, 11) is 1.68. The van der Waals surface area contributed by atoms with Gasteiger partial charge in [0.2, 0.25) is 5.91 Å². The van der Waals surface area contributed by atoms with Gasteiger partial charge in [0.25, 0.3) is 0 Å². The molecule has 4 nitrogen and oxygen atoms in total. The van der Waals surface area contributed by atoms with E-state index in [1.165, 1.54) is 0 Å². The predicted octanol–water partition coefficient (Wildman–Crippen LogP) is 0.671. The van der Waals surface area contributed by atoms with Crippen molar-refractivity contribution < 1.29 is 9.53 Å². The summed E-state index contributed by atoms with van der Waals surface area (Å²) < 4.78 is 5.32. The molecule has 0 bridgehead atoms. The second-order valence-electron chi connectivity index (χ2n) is 4.38. The minimum Gasteiger partial charge on any atom is -0.381 e. The van der Waals surface area contributed by atoms with Crippen molar-refractivity contribution in [1.29, 1.82) is 0 Å². The average molecular weight is 214 g/mol. The molecule has 1 aliphatic rings. The highest BCUT2D eigenvalue weighted by Crippen LogP contribution is 2.19. The van der Waals surface area contributed by atoms with Gasteiger partial charge in [-0.1, -0.05) is 0 Å². The summed E-state index contributed by atoms with van der Waals surface area (Å²) in [4.78, 5) is 11.0. The van der Waals surface area contributed by atoms with Crippen molar-refractivity contribution in [3.8, 4) is 0 Å². The number of amides is 1. The quantitative estimate of drug-likeness (QED) is 0.661. The van der Waals surface area contributed by atoms with Crippen LogP contribution in [0.5, 0.6) is 0 Å². The first-order chi connectivity index (χ1) is 7.16. The van der Waals surface area contributed by atoms with Gasteiger partial charge in [0, 0.05) is 32.2 Å². The highest BCUT2D eigenvalue weighted by atomic mass is 16.5. The van der Waals surface area contributed by atoms with Crippen LogP contribution in [-0.2, 0) is 9.53 Å². The summed E-state index contributed by atoms with van der Waals surface area (Å²) in [5, 5.41) is 6.14. The lowest BCUT2D eigenvalue weighted by Crippen LogP contribution is -2.47. The molecule has 1 saturated heterocycles. The zero-order valence-corrected chi connectivity index (χ0v) is 9.77. The van der Waals surface area contributed by atoms with Crippen LogP contribution in [0, 0.1) is 0 Å². The molecule has 0 aliphatic carbocycles. The first kappa shape index (κ1) is 12.5. The van der Waals surface area contributed by atoms with Crippen molar-refractivity contribution in [3.05, 3.63) is 0 Å². The van der Waals surface area contributed by atoms with Gasteiger partial charge in [0.1, 0.15) is 0 Å². The average Bonchev–Trinajstić information content (AvgIpc) is 2.25. The molecule has 15 heavy (non-hydrogen) atoms. The Bertz CT molecular complexity index is 201. The highest BCUT2D eigenvalue weighted by Gasteiger charge is 2.25. The van der Waals surface area contributed by atoms with Crippen LogP contribution in [-0.4, -0.2) is 38.3 Å². The number of carbonyl (C=O) groups excluding carboxylic acids is 1. The summed E-state index contributed by atoms with van der Waals surface area (Å²) in [6.45, 7) is 4.83.